The van der Waals surface area contributed by atoms with Crippen LogP contribution >= 0.6 is 0 Å². The Kier molecular flexibility index (Phi) is 4.64. The van der Waals surface area contributed by atoms with Gasteiger partial charge in [-0.1, -0.05) is 32.9 Å². The lowest BCUT2D eigenvalue weighted by molar-refractivity contribution is 0.452. The van der Waals surface area contributed by atoms with Crippen LogP contribution in [0.1, 0.15) is 68.0 Å². The summed E-state index contributed by atoms with van der Waals surface area (Å²) in [5.74, 6) is 0.961. The topological polar surface area (TPSA) is 58.5 Å². The fourth-order valence-corrected chi connectivity index (χ4v) is 3.89. The summed E-state index contributed by atoms with van der Waals surface area (Å²) in [6, 6.07) is 9.18. The number of hydrogen-bond donors (Lipinski definition) is 2. The minimum atomic E-state index is 0.169. The number of hydrogen-bond acceptors (Lipinski definition) is 3. The summed E-state index contributed by atoms with van der Waals surface area (Å²) in [7, 11) is 0. The monoisotopic (exact) mass is 363 g/mol. The van der Waals surface area contributed by atoms with Crippen LogP contribution in [-0.2, 0) is 18.4 Å². The molecular weight excluding hydrogens is 334 g/mol. The Balaban J connectivity index is 1.55. The lowest BCUT2D eigenvalue weighted by Gasteiger charge is -2.24. The molecule has 1 atom stereocenters. The first-order valence-electron chi connectivity index (χ1n) is 9.83. The molecule has 2 heterocycles. The van der Waals surface area contributed by atoms with Crippen LogP contribution in [-0.4, -0.2) is 19.7 Å². The molecule has 3 aromatic rings. The van der Waals surface area contributed by atoms with Crippen molar-refractivity contribution >= 4 is 0 Å². The molecule has 4 rings (SSSR count). The van der Waals surface area contributed by atoms with Gasteiger partial charge >= 0.3 is 0 Å². The zero-order valence-corrected chi connectivity index (χ0v) is 16.7. The van der Waals surface area contributed by atoms with E-state index in [1.807, 2.05) is 19.3 Å². The third-order valence-corrected chi connectivity index (χ3v) is 5.46. The number of nitrogens with zero attached hydrogens (tertiary/aromatic N) is 3. The second-order valence-corrected chi connectivity index (χ2v) is 8.57. The molecule has 0 radical (unpaired) electrons. The maximum Gasteiger partial charge on any atom is 0.103 e. The molecule has 2 aromatic heterocycles. The van der Waals surface area contributed by atoms with E-state index in [2.05, 4.69) is 65.0 Å². The van der Waals surface area contributed by atoms with Gasteiger partial charge in [0.1, 0.15) is 5.82 Å². The highest BCUT2D eigenvalue weighted by Crippen LogP contribution is 2.32. The Hall–Kier alpha value is -2.40. The van der Waals surface area contributed by atoms with Gasteiger partial charge in [0.25, 0.3) is 0 Å². The lowest BCUT2D eigenvalue weighted by atomic mass is 9.87. The number of nitrogens with one attached hydrogen (secondary N) is 2. The van der Waals surface area contributed by atoms with E-state index in [9.17, 15) is 0 Å². The molecule has 5 nitrogen and oxygen atoms in total. The molecule has 5 heteroatoms. The summed E-state index contributed by atoms with van der Waals surface area (Å²) in [5.41, 5.74) is 6.46. The van der Waals surface area contributed by atoms with Crippen molar-refractivity contribution in [3.63, 3.8) is 0 Å². The fourth-order valence-electron chi connectivity index (χ4n) is 3.89. The first-order valence-corrected chi connectivity index (χ1v) is 9.83. The summed E-state index contributed by atoms with van der Waals surface area (Å²) in [5, 5.41) is 8.40. The molecule has 1 aliphatic carbocycles. The number of imidazole rings is 1. The molecule has 1 aliphatic rings. The molecule has 0 fully saturated rings. The van der Waals surface area contributed by atoms with Crippen LogP contribution in [0, 0.1) is 6.92 Å². The van der Waals surface area contributed by atoms with Crippen molar-refractivity contribution in [2.75, 3.05) is 0 Å². The van der Waals surface area contributed by atoms with Crippen molar-refractivity contribution in [2.45, 2.75) is 65.0 Å². The number of aromatic amines is 1. The van der Waals surface area contributed by atoms with Crippen LogP contribution in [0.4, 0.5) is 0 Å². The second kappa shape index (κ2) is 6.97. The van der Waals surface area contributed by atoms with Gasteiger partial charge in [0, 0.05) is 35.7 Å². The SMILES string of the molecule is Cc1ncc(CNC2CCCc3c2cnn3-c2ccc(C(C)(C)C)cc2)[nH]1. The minimum absolute atomic E-state index is 0.169. The molecule has 0 spiro atoms. The first-order chi connectivity index (χ1) is 12.9. The van der Waals surface area contributed by atoms with Crippen molar-refractivity contribution in [3.8, 4) is 5.69 Å². The number of fused-ring (bicyclic) bond motifs is 1. The molecule has 2 N–H and O–H groups in total. The summed E-state index contributed by atoms with van der Waals surface area (Å²) in [6.07, 6.45) is 7.36. The number of rotatable bonds is 4. The second-order valence-electron chi connectivity index (χ2n) is 8.57. The van der Waals surface area contributed by atoms with E-state index in [-0.39, 0.29) is 5.41 Å². The number of aryl methyl sites for hydroxylation is 1. The molecule has 0 saturated carbocycles. The summed E-state index contributed by atoms with van der Waals surface area (Å²) >= 11 is 0. The van der Waals surface area contributed by atoms with Crippen LogP contribution in [0.5, 0.6) is 0 Å². The highest BCUT2D eigenvalue weighted by atomic mass is 15.3. The third kappa shape index (κ3) is 3.69. The predicted molar refractivity (Wildman–Crippen MR) is 108 cm³/mol. The fraction of sp³-hybridized carbons (Fsp3) is 0.455. The zero-order valence-electron chi connectivity index (χ0n) is 16.7. The molecule has 142 valence electrons. The first kappa shape index (κ1) is 18.0. The Bertz CT molecular complexity index is 911. The molecule has 1 aromatic carbocycles. The minimum Gasteiger partial charge on any atom is -0.345 e. The average Bonchev–Trinajstić information content (AvgIpc) is 3.25. The molecule has 0 saturated heterocycles. The summed E-state index contributed by atoms with van der Waals surface area (Å²) in [4.78, 5) is 7.57. The Morgan fingerprint density at radius 1 is 1.19 bits per heavy atom. The highest BCUT2D eigenvalue weighted by molar-refractivity contribution is 5.40. The normalized spacial score (nSPS) is 17.1. The van der Waals surface area contributed by atoms with E-state index < -0.39 is 0 Å². The molecular formula is C22H29N5. The standard InChI is InChI=1S/C22H29N5/c1-15-23-12-17(26-15)13-24-20-6-5-7-21-19(20)14-25-27(21)18-10-8-16(9-11-18)22(2,3)4/h8-12,14,20,24H,5-7,13H2,1-4H3,(H,23,26). The van der Waals surface area contributed by atoms with Crippen LogP contribution < -0.4 is 5.32 Å². The van der Waals surface area contributed by atoms with E-state index >= 15 is 0 Å². The largest absolute Gasteiger partial charge is 0.345 e. The lowest BCUT2D eigenvalue weighted by Crippen LogP contribution is -2.25. The van der Waals surface area contributed by atoms with Crippen molar-refractivity contribution in [1.29, 1.82) is 0 Å². The Morgan fingerprint density at radius 2 is 1.96 bits per heavy atom. The summed E-state index contributed by atoms with van der Waals surface area (Å²) in [6.45, 7) is 9.52. The summed E-state index contributed by atoms with van der Waals surface area (Å²) < 4.78 is 2.12. The highest BCUT2D eigenvalue weighted by Gasteiger charge is 2.24. The maximum atomic E-state index is 4.73. The van der Waals surface area contributed by atoms with Crippen molar-refractivity contribution in [2.24, 2.45) is 0 Å². The number of H-pyrrole nitrogens is 1. The third-order valence-electron chi connectivity index (χ3n) is 5.46. The van der Waals surface area contributed by atoms with E-state index in [1.165, 1.54) is 23.2 Å². The molecule has 0 amide bonds. The molecule has 0 aliphatic heterocycles. The molecule has 1 unspecified atom stereocenters. The Morgan fingerprint density at radius 3 is 2.63 bits per heavy atom. The predicted octanol–water partition coefficient (Wildman–Crippen LogP) is 4.37. The van der Waals surface area contributed by atoms with Crippen LogP contribution in [0.25, 0.3) is 5.69 Å². The van der Waals surface area contributed by atoms with Gasteiger partial charge in [-0.25, -0.2) is 9.67 Å². The maximum absolute atomic E-state index is 4.73. The smallest absolute Gasteiger partial charge is 0.103 e. The van der Waals surface area contributed by atoms with E-state index in [0.717, 1.165) is 36.6 Å². The molecule has 27 heavy (non-hydrogen) atoms. The van der Waals surface area contributed by atoms with Gasteiger partial charge in [0.05, 0.1) is 11.9 Å². The average molecular weight is 364 g/mol. The zero-order chi connectivity index (χ0) is 19.0. The van der Waals surface area contributed by atoms with E-state index in [4.69, 9.17) is 5.10 Å². The van der Waals surface area contributed by atoms with Crippen molar-refractivity contribution in [3.05, 3.63) is 65.0 Å². The number of aromatic nitrogens is 4. The van der Waals surface area contributed by atoms with Gasteiger partial charge in [-0.15, -0.1) is 0 Å². The van der Waals surface area contributed by atoms with Crippen LogP contribution in [0.15, 0.2) is 36.7 Å². The van der Waals surface area contributed by atoms with Gasteiger partial charge in [0.15, 0.2) is 0 Å². The van der Waals surface area contributed by atoms with Gasteiger partial charge in [-0.05, 0) is 49.3 Å². The van der Waals surface area contributed by atoms with Gasteiger partial charge in [-0.2, -0.15) is 5.10 Å². The van der Waals surface area contributed by atoms with Crippen molar-refractivity contribution in [1.82, 2.24) is 25.1 Å². The van der Waals surface area contributed by atoms with Gasteiger partial charge in [-0.3, -0.25) is 0 Å². The van der Waals surface area contributed by atoms with E-state index in [0.29, 0.717) is 6.04 Å². The number of benzene rings is 1. The van der Waals surface area contributed by atoms with E-state index in [1.54, 1.807) is 0 Å². The van der Waals surface area contributed by atoms with Gasteiger partial charge in [0.2, 0.25) is 0 Å². The molecule has 0 bridgehead atoms. The van der Waals surface area contributed by atoms with Crippen LogP contribution in [0.2, 0.25) is 0 Å². The van der Waals surface area contributed by atoms with Crippen molar-refractivity contribution < 1.29 is 0 Å². The van der Waals surface area contributed by atoms with Crippen LogP contribution in [0.3, 0.4) is 0 Å². The Labute approximate surface area is 161 Å². The quantitative estimate of drug-likeness (QED) is 0.724. The van der Waals surface area contributed by atoms with Gasteiger partial charge < -0.3 is 10.3 Å².